The Morgan fingerprint density at radius 3 is 2.38 bits per heavy atom. The Morgan fingerprint density at radius 2 is 1.77 bits per heavy atom. The third kappa shape index (κ3) is 4.34. The van der Waals surface area contributed by atoms with Crippen LogP contribution in [0, 0.1) is 0 Å². The van der Waals surface area contributed by atoms with E-state index in [9.17, 15) is 9.59 Å². The van der Waals surface area contributed by atoms with Gasteiger partial charge >= 0.3 is 5.97 Å². The van der Waals surface area contributed by atoms with Gasteiger partial charge in [0.25, 0.3) is 5.91 Å². The molecular weight excluding hydrogens is 348 g/mol. The number of aromatic nitrogens is 1. The average molecular weight is 366 g/mol. The predicted molar refractivity (Wildman–Crippen MR) is 103 cm³/mol. The molecule has 0 aliphatic carbocycles. The van der Waals surface area contributed by atoms with Crippen molar-refractivity contribution >= 4 is 28.3 Å². The molecule has 1 aromatic heterocycles. The number of benzene rings is 2. The first kappa shape index (κ1) is 17.8. The van der Waals surface area contributed by atoms with E-state index >= 15 is 0 Å². The number of amides is 1. The number of hydrogen-bond acceptors (Lipinski definition) is 5. The molecule has 0 aliphatic rings. The van der Waals surface area contributed by atoms with E-state index in [0.717, 1.165) is 17.7 Å². The van der Waals surface area contributed by atoms with Gasteiger partial charge < -0.3 is 4.74 Å². The van der Waals surface area contributed by atoms with Crippen molar-refractivity contribution in [3.63, 3.8) is 0 Å². The second-order valence-corrected chi connectivity index (χ2v) is 6.52. The van der Waals surface area contributed by atoms with E-state index < -0.39 is 5.97 Å². The van der Waals surface area contributed by atoms with Crippen LogP contribution in [0.4, 0.5) is 5.13 Å². The molecule has 132 valence electrons. The highest BCUT2D eigenvalue weighted by molar-refractivity contribution is 7.14. The summed E-state index contributed by atoms with van der Waals surface area (Å²) in [4.78, 5) is 27.7. The van der Waals surface area contributed by atoms with E-state index in [1.54, 1.807) is 24.3 Å². The SMILES string of the molecule is CCc1ccc(-c2csc(NC(=O)c3ccc(OC(C)=O)cc3)n2)cc1. The zero-order valence-electron chi connectivity index (χ0n) is 14.5. The van der Waals surface area contributed by atoms with Crippen molar-refractivity contribution in [3.05, 3.63) is 65.0 Å². The number of thiazole rings is 1. The number of aryl methyl sites for hydroxylation is 1. The van der Waals surface area contributed by atoms with Crippen molar-refractivity contribution in [1.82, 2.24) is 4.98 Å². The molecule has 0 radical (unpaired) electrons. The summed E-state index contributed by atoms with van der Waals surface area (Å²) < 4.78 is 4.96. The summed E-state index contributed by atoms with van der Waals surface area (Å²) in [5.74, 6) is -0.257. The van der Waals surface area contributed by atoms with Crippen molar-refractivity contribution in [2.75, 3.05) is 5.32 Å². The quantitative estimate of drug-likeness (QED) is 0.531. The van der Waals surface area contributed by atoms with Crippen LogP contribution in [0.3, 0.4) is 0 Å². The van der Waals surface area contributed by atoms with E-state index in [-0.39, 0.29) is 5.91 Å². The molecule has 3 aromatic rings. The summed E-state index contributed by atoms with van der Waals surface area (Å²) in [6.45, 7) is 3.45. The molecular formula is C20H18N2O3S. The molecule has 0 atom stereocenters. The van der Waals surface area contributed by atoms with E-state index in [2.05, 4.69) is 29.4 Å². The van der Waals surface area contributed by atoms with Crippen molar-refractivity contribution in [1.29, 1.82) is 0 Å². The van der Waals surface area contributed by atoms with E-state index in [4.69, 9.17) is 4.74 Å². The van der Waals surface area contributed by atoms with Gasteiger partial charge in [-0.15, -0.1) is 11.3 Å². The van der Waals surface area contributed by atoms with Crippen molar-refractivity contribution in [2.45, 2.75) is 20.3 Å². The van der Waals surface area contributed by atoms with Crippen LogP contribution in [0.25, 0.3) is 11.3 Å². The molecule has 0 unspecified atom stereocenters. The lowest BCUT2D eigenvalue weighted by atomic mass is 10.1. The lowest BCUT2D eigenvalue weighted by molar-refractivity contribution is -0.131. The molecule has 1 heterocycles. The van der Waals surface area contributed by atoms with Crippen LogP contribution < -0.4 is 10.1 Å². The highest BCUT2D eigenvalue weighted by Crippen LogP contribution is 2.25. The van der Waals surface area contributed by atoms with E-state index in [0.29, 0.717) is 16.4 Å². The number of hydrogen-bond donors (Lipinski definition) is 1. The summed E-state index contributed by atoms with van der Waals surface area (Å²) in [7, 11) is 0. The zero-order valence-corrected chi connectivity index (χ0v) is 15.3. The van der Waals surface area contributed by atoms with Gasteiger partial charge in [0.05, 0.1) is 5.69 Å². The van der Waals surface area contributed by atoms with Gasteiger partial charge in [-0.2, -0.15) is 0 Å². The first-order valence-corrected chi connectivity index (χ1v) is 9.08. The molecule has 0 saturated carbocycles. The smallest absolute Gasteiger partial charge is 0.308 e. The normalized spacial score (nSPS) is 10.4. The van der Waals surface area contributed by atoms with Gasteiger partial charge in [0.15, 0.2) is 5.13 Å². The van der Waals surface area contributed by atoms with Gasteiger partial charge in [-0.05, 0) is 36.2 Å². The molecule has 0 aliphatic heterocycles. The second-order valence-electron chi connectivity index (χ2n) is 5.66. The first-order valence-electron chi connectivity index (χ1n) is 8.20. The fourth-order valence-electron chi connectivity index (χ4n) is 2.38. The first-order chi connectivity index (χ1) is 12.5. The van der Waals surface area contributed by atoms with Crippen LogP contribution in [0.5, 0.6) is 5.75 Å². The second kappa shape index (κ2) is 7.93. The van der Waals surface area contributed by atoms with Gasteiger partial charge in [-0.3, -0.25) is 14.9 Å². The molecule has 26 heavy (non-hydrogen) atoms. The lowest BCUT2D eigenvalue weighted by Gasteiger charge is -2.04. The van der Waals surface area contributed by atoms with Crippen LogP contribution in [0.1, 0.15) is 29.8 Å². The van der Waals surface area contributed by atoms with Crippen LogP contribution in [0.2, 0.25) is 0 Å². The molecule has 2 aromatic carbocycles. The molecule has 6 heteroatoms. The van der Waals surface area contributed by atoms with Gasteiger partial charge in [0.2, 0.25) is 0 Å². The fourth-order valence-corrected chi connectivity index (χ4v) is 3.10. The Hall–Kier alpha value is -2.99. The number of carbonyl (C=O) groups excluding carboxylic acids is 2. The minimum absolute atomic E-state index is 0.262. The lowest BCUT2D eigenvalue weighted by Crippen LogP contribution is -2.11. The average Bonchev–Trinajstić information content (AvgIpc) is 3.10. The monoisotopic (exact) mass is 366 g/mol. The van der Waals surface area contributed by atoms with Crippen molar-refractivity contribution in [3.8, 4) is 17.0 Å². The van der Waals surface area contributed by atoms with Gasteiger partial charge in [-0.1, -0.05) is 31.2 Å². The molecule has 1 amide bonds. The summed E-state index contributed by atoms with van der Waals surface area (Å²) >= 11 is 1.38. The number of nitrogens with zero attached hydrogens (tertiary/aromatic N) is 1. The molecule has 1 N–H and O–H groups in total. The minimum atomic E-state index is -0.399. The number of nitrogens with one attached hydrogen (secondary N) is 1. The van der Waals surface area contributed by atoms with Crippen LogP contribution in [0.15, 0.2) is 53.9 Å². The molecule has 0 fully saturated rings. The zero-order chi connectivity index (χ0) is 18.5. The maximum atomic E-state index is 12.3. The predicted octanol–water partition coefficient (Wildman–Crippen LogP) is 4.55. The summed E-state index contributed by atoms with van der Waals surface area (Å²) in [5.41, 5.74) is 3.59. The van der Waals surface area contributed by atoms with Crippen LogP contribution in [-0.2, 0) is 11.2 Å². The number of esters is 1. The minimum Gasteiger partial charge on any atom is -0.427 e. The highest BCUT2D eigenvalue weighted by Gasteiger charge is 2.10. The molecule has 0 saturated heterocycles. The van der Waals surface area contributed by atoms with Gasteiger partial charge in [0.1, 0.15) is 5.75 Å². The van der Waals surface area contributed by atoms with E-state index in [1.807, 2.05) is 17.5 Å². The molecule has 0 bridgehead atoms. The highest BCUT2D eigenvalue weighted by atomic mass is 32.1. The van der Waals surface area contributed by atoms with E-state index in [1.165, 1.54) is 23.8 Å². The number of carbonyl (C=O) groups is 2. The van der Waals surface area contributed by atoms with Gasteiger partial charge in [0, 0.05) is 23.4 Å². The molecule has 5 nitrogen and oxygen atoms in total. The van der Waals surface area contributed by atoms with Gasteiger partial charge in [-0.25, -0.2) is 4.98 Å². The maximum absolute atomic E-state index is 12.3. The number of anilines is 1. The Morgan fingerprint density at radius 1 is 1.08 bits per heavy atom. The standard InChI is InChI=1S/C20H18N2O3S/c1-3-14-4-6-15(7-5-14)18-12-26-20(21-18)22-19(24)16-8-10-17(11-9-16)25-13(2)23/h4-12H,3H2,1-2H3,(H,21,22,24). The Balaban J connectivity index is 1.68. The Labute approximate surface area is 155 Å². The van der Waals surface area contributed by atoms with Crippen LogP contribution >= 0.6 is 11.3 Å². The topological polar surface area (TPSA) is 68.3 Å². The molecule has 0 spiro atoms. The van der Waals surface area contributed by atoms with Crippen molar-refractivity contribution in [2.24, 2.45) is 0 Å². The third-order valence-corrected chi connectivity index (χ3v) is 4.52. The Bertz CT molecular complexity index is 915. The molecule has 3 rings (SSSR count). The number of rotatable bonds is 5. The van der Waals surface area contributed by atoms with Crippen LogP contribution in [-0.4, -0.2) is 16.9 Å². The summed E-state index contributed by atoms with van der Waals surface area (Å²) in [6, 6.07) is 14.6. The number of ether oxygens (including phenoxy) is 1. The Kier molecular flexibility index (Phi) is 5.43. The summed E-state index contributed by atoms with van der Waals surface area (Å²) in [6.07, 6.45) is 0.995. The van der Waals surface area contributed by atoms with Crippen molar-refractivity contribution < 1.29 is 14.3 Å². The largest absolute Gasteiger partial charge is 0.427 e. The maximum Gasteiger partial charge on any atom is 0.308 e. The summed E-state index contributed by atoms with van der Waals surface area (Å²) in [5, 5.41) is 5.24. The fraction of sp³-hybridized carbons (Fsp3) is 0.150. The third-order valence-electron chi connectivity index (χ3n) is 3.76.